The molecule has 2 rings (SSSR count). The van der Waals surface area contributed by atoms with E-state index in [4.69, 9.17) is 15.2 Å². The van der Waals surface area contributed by atoms with E-state index in [1.165, 1.54) is 11.8 Å². The second-order valence-corrected chi connectivity index (χ2v) is 4.49. The number of benzene rings is 1. The topological polar surface area (TPSA) is 91.4 Å². The van der Waals surface area contributed by atoms with Gasteiger partial charge in [-0.3, -0.25) is 9.48 Å². The molecule has 21 heavy (non-hydrogen) atoms. The van der Waals surface area contributed by atoms with Gasteiger partial charge in [0.25, 0.3) is 5.91 Å². The molecule has 0 saturated heterocycles. The normalized spacial score (nSPS) is 10.3. The Kier molecular flexibility index (Phi) is 4.02. The highest BCUT2D eigenvalue weighted by Crippen LogP contribution is 2.29. The number of hydrogen-bond donors (Lipinski definition) is 2. The van der Waals surface area contributed by atoms with Gasteiger partial charge in [0.05, 0.1) is 31.3 Å². The van der Waals surface area contributed by atoms with Crippen molar-refractivity contribution in [2.24, 2.45) is 7.05 Å². The Hall–Kier alpha value is -2.70. The molecular formula is C14H18N4O3. The summed E-state index contributed by atoms with van der Waals surface area (Å²) in [6.07, 6.45) is 0. The first-order valence-electron chi connectivity index (χ1n) is 6.30. The van der Waals surface area contributed by atoms with Crippen LogP contribution in [0.1, 0.15) is 16.2 Å². The molecule has 1 amide bonds. The third-order valence-corrected chi connectivity index (χ3v) is 3.14. The Morgan fingerprint density at radius 2 is 2.05 bits per heavy atom. The first-order chi connectivity index (χ1) is 9.97. The predicted octanol–water partition coefficient (Wildman–Crippen LogP) is 1.58. The van der Waals surface area contributed by atoms with Crippen LogP contribution in [0.2, 0.25) is 0 Å². The highest BCUT2D eigenvalue weighted by atomic mass is 16.5. The van der Waals surface area contributed by atoms with Crippen LogP contribution in [0.15, 0.2) is 18.2 Å². The molecular weight excluding hydrogens is 272 g/mol. The quantitative estimate of drug-likeness (QED) is 0.892. The zero-order valence-electron chi connectivity index (χ0n) is 12.4. The first-order valence-corrected chi connectivity index (χ1v) is 6.30. The van der Waals surface area contributed by atoms with Crippen molar-refractivity contribution in [3.05, 3.63) is 29.6 Å². The number of nitrogen functional groups attached to an aromatic ring is 1. The molecule has 2 aromatic rings. The van der Waals surface area contributed by atoms with E-state index in [0.29, 0.717) is 34.3 Å². The minimum Gasteiger partial charge on any atom is -0.497 e. The summed E-state index contributed by atoms with van der Waals surface area (Å²) >= 11 is 0. The van der Waals surface area contributed by atoms with Gasteiger partial charge < -0.3 is 20.5 Å². The summed E-state index contributed by atoms with van der Waals surface area (Å²) in [4.78, 5) is 12.4. The average molecular weight is 290 g/mol. The Bertz CT molecular complexity index is 679. The third kappa shape index (κ3) is 2.76. The number of anilines is 2. The van der Waals surface area contributed by atoms with E-state index in [-0.39, 0.29) is 5.91 Å². The Morgan fingerprint density at radius 3 is 2.57 bits per heavy atom. The number of aromatic nitrogens is 2. The maximum absolute atomic E-state index is 12.4. The van der Waals surface area contributed by atoms with E-state index in [0.717, 1.165) is 0 Å². The van der Waals surface area contributed by atoms with Crippen LogP contribution in [-0.2, 0) is 7.05 Å². The Balaban J connectivity index is 2.35. The second kappa shape index (κ2) is 5.74. The lowest BCUT2D eigenvalue weighted by Crippen LogP contribution is -2.18. The Labute approximate surface area is 122 Å². The van der Waals surface area contributed by atoms with E-state index in [1.807, 2.05) is 0 Å². The van der Waals surface area contributed by atoms with Crippen LogP contribution in [0.5, 0.6) is 11.5 Å². The van der Waals surface area contributed by atoms with Gasteiger partial charge in [-0.25, -0.2) is 0 Å². The van der Waals surface area contributed by atoms with Crippen molar-refractivity contribution in [1.29, 1.82) is 0 Å². The number of nitrogens with two attached hydrogens (primary N) is 1. The summed E-state index contributed by atoms with van der Waals surface area (Å²) in [6, 6.07) is 5.14. The highest BCUT2D eigenvalue weighted by Gasteiger charge is 2.19. The van der Waals surface area contributed by atoms with Gasteiger partial charge >= 0.3 is 0 Å². The number of aryl methyl sites for hydroxylation is 2. The van der Waals surface area contributed by atoms with Crippen LogP contribution in [0.4, 0.5) is 11.4 Å². The second-order valence-electron chi connectivity index (χ2n) is 4.49. The molecule has 0 fully saturated rings. The van der Waals surface area contributed by atoms with Crippen LogP contribution >= 0.6 is 0 Å². The van der Waals surface area contributed by atoms with E-state index in [2.05, 4.69) is 10.4 Å². The SMILES string of the molecule is COc1ccc(OC)c(NC(=O)c2c(N)c(C)nn2C)c1. The highest BCUT2D eigenvalue weighted by molar-refractivity contribution is 6.07. The minimum absolute atomic E-state index is 0.303. The molecule has 0 atom stereocenters. The molecule has 1 aromatic heterocycles. The zero-order chi connectivity index (χ0) is 15.6. The number of rotatable bonds is 4. The molecule has 0 bridgehead atoms. The van der Waals surface area contributed by atoms with Gasteiger partial charge in [0, 0.05) is 13.1 Å². The minimum atomic E-state index is -0.359. The van der Waals surface area contributed by atoms with E-state index >= 15 is 0 Å². The molecule has 7 heteroatoms. The van der Waals surface area contributed by atoms with E-state index in [9.17, 15) is 4.79 Å². The molecule has 112 valence electrons. The number of ether oxygens (including phenoxy) is 2. The largest absolute Gasteiger partial charge is 0.497 e. The summed E-state index contributed by atoms with van der Waals surface area (Å²) in [6.45, 7) is 1.75. The maximum atomic E-state index is 12.4. The van der Waals surface area contributed by atoms with E-state index < -0.39 is 0 Å². The number of hydrogen-bond acceptors (Lipinski definition) is 5. The molecule has 1 heterocycles. The maximum Gasteiger partial charge on any atom is 0.276 e. The number of methoxy groups -OCH3 is 2. The van der Waals surface area contributed by atoms with Crippen molar-refractivity contribution >= 4 is 17.3 Å². The molecule has 3 N–H and O–H groups in total. The number of nitrogens with zero attached hydrogens (tertiary/aromatic N) is 2. The summed E-state index contributed by atoms with van der Waals surface area (Å²) < 4.78 is 11.8. The third-order valence-electron chi connectivity index (χ3n) is 3.14. The van der Waals surface area contributed by atoms with Gasteiger partial charge in [-0.1, -0.05) is 0 Å². The molecule has 1 aromatic carbocycles. The molecule has 0 aliphatic carbocycles. The van der Waals surface area contributed by atoms with Gasteiger partial charge in [0.2, 0.25) is 0 Å². The lowest BCUT2D eigenvalue weighted by atomic mass is 10.2. The zero-order valence-corrected chi connectivity index (χ0v) is 12.4. The smallest absolute Gasteiger partial charge is 0.276 e. The average Bonchev–Trinajstić information content (AvgIpc) is 2.71. The van der Waals surface area contributed by atoms with Crippen LogP contribution in [0.3, 0.4) is 0 Å². The van der Waals surface area contributed by atoms with Crippen molar-refractivity contribution in [2.45, 2.75) is 6.92 Å². The lowest BCUT2D eigenvalue weighted by molar-refractivity contribution is 0.101. The van der Waals surface area contributed by atoms with Crippen LogP contribution in [0, 0.1) is 6.92 Å². The summed E-state index contributed by atoms with van der Waals surface area (Å²) in [5, 5.41) is 6.89. The molecule has 0 saturated carbocycles. The van der Waals surface area contributed by atoms with Crippen LogP contribution in [-0.4, -0.2) is 29.9 Å². The Morgan fingerprint density at radius 1 is 1.33 bits per heavy atom. The standard InChI is InChI=1S/C14H18N4O3/c1-8-12(15)13(18(2)17-8)14(19)16-10-7-9(20-3)5-6-11(10)21-4/h5-7H,15H2,1-4H3,(H,16,19). The lowest BCUT2D eigenvalue weighted by Gasteiger charge is -2.12. The first kappa shape index (κ1) is 14.7. The number of amides is 1. The fourth-order valence-corrected chi connectivity index (χ4v) is 2.04. The fraction of sp³-hybridized carbons (Fsp3) is 0.286. The molecule has 0 spiro atoms. The number of carbonyl (C=O) groups is 1. The van der Waals surface area contributed by atoms with Crippen LogP contribution < -0.4 is 20.5 Å². The summed E-state index contributed by atoms with van der Waals surface area (Å²) in [5.41, 5.74) is 7.66. The van der Waals surface area contributed by atoms with Crippen molar-refractivity contribution in [3.8, 4) is 11.5 Å². The summed E-state index contributed by atoms with van der Waals surface area (Å²) in [5.74, 6) is 0.782. The van der Waals surface area contributed by atoms with Gasteiger partial charge in [-0.2, -0.15) is 5.10 Å². The van der Waals surface area contributed by atoms with Crippen molar-refractivity contribution in [2.75, 3.05) is 25.3 Å². The number of nitrogens with one attached hydrogen (secondary N) is 1. The predicted molar refractivity (Wildman–Crippen MR) is 79.9 cm³/mol. The van der Waals surface area contributed by atoms with Gasteiger partial charge in [-0.15, -0.1) is 0 Å². The number of carbonyl (C=O) groups excluding carboxylic acids is 1. The fourth-order valence-electron chi connectivity index (χ4n) is 2.04. The van der Waals surface area contributed by atoms with Crippen molar-refractivity contribution in [3.63, 3.8) is 0 Å². The molecule has 0 aliphatic rings. The van der Waals surface area contributed by atoms with Gasteiger partial charge in [0.15, 0.2) is 0 Å². The van der Waals surface area contributed by atoms with Gasteiger partial charge in [-0.05, 0) is 19.1 Å². The van der Waals surface area contributed by atoms with Crippen molar-refractivity contribution < 1.29 is 14.3 Å². The van der Waals surface area contributed by atoms with Crippen molar-refractivity contribution in [1.82, 2.24) is 9.78 Å². The monoisotopic (exact) mass is 290 g/mol. The van der Waals surface area contributed by atoms with E-state index in [1.54, 1.807) is 39.3 Å². The summed E-state index contributed by atoms with van der Waals surface area (Å²) in [7, 11) is 4.75. The van der Waals surface area contributed by atoms with Crippen LogP contribution in [0.25, 0.3) is 0 Å². The molecule has 0 radical (unpaired) electrons. The molecule has 0 unspecified atom stereocenters. The molecule has 0 aliphatic heterocycles. The molecule has 7 nitrogen and oxygen atoms in total. The van der Waals surface area contributed by atoms with Gasteiger partial charge in [0.1, 0.15) is 17.2 Å².